The van der Waals surface area contributed by atoms with E-state index in [1.165, 1.54) is 11.1 Å². The van der Waals surface area contributed by atoms with E-state index < -0.39 is 0 Å². The number of rotatable bonds is 4. The van der Waals surface area contributed by atoms with Gasteiger partial charge in [0.05, 0.1) is 30.6 Å². The zero-order valence-corrected chi connectivity index (χ0v) is 17.9. The zero-order chi connectivity index (χ0) is 20.5. The molecule has 1 amide bonds. The molecule has 4 rings (SSSR count). The van der Waals surface area contributed by atoms with E-state index in [1.54, 1.807) is 4.68 Å². The Morgan fingerprint density at radius 3 is 2.69 bits per heavy atom. The second-order valence-corrected chi connectivity index (χ2v) is 8.36. The average molecular weight is 398 g/mol. The van der Waals surface area contributed by atoms with Crippen LogP contribution < -0.4 is 0 Å². The van der Waals surface area contributed by atoms with Gasteiger partial charge in [-0.15, -0.1) is 0 Å². The fourth-order valence-corrected chi connectivity index (χ4v) is 4.49. The number of aromatic nitrogens is 2. The van der Waals surface area contributed by atoms with Gasteiger partial charge in [0.25, 0.3) is 5.91 Å². The minimum absolute atomic E-state index is 0.0675. The van der Waals surface area contributed by atoms with Gasteiger partial charge >= 0.3 is 0 Å². The Morgan fingerprint density at radius 2 is 1.97 bits per heavy atom. The van der Waals surface area contributed by atoms with Crippen LogP contribution in [0.1, 0.15) is 65.7 Å². The predicted molar refractivity (Wildman–Crippen MR) is 111 cm³/mol. The molecule has 0 bridgehead atoms. The Bertz CT molecular complexity index is 883. The molecule has 1 fully saturated rings. The summed E-state index contributed by atoms with van der Waals surface area (Å²) in [6.45, 7) is 8.25. The summed E-state index contributed by atoms with van der Waals surface area (Å²) in [5, 5.41) is 4.59. The van der Waals surface area contributed by atoms with E-state index in [2.05, 4.69) is 31.1 Å². The number of carbonyl (C=O) groups is 1. The molecular weight excluding hydrogens is 366 g/mol. The summed E-state index contributed by atoms with van der Waals surface area (Å²) < 4.78 is 13.8. The van der Waals surface area contributed by atoms with E-state index in [1.807, 2.05) is 31.0 Å². The molecule has 0 spiro atoms. The van der Waals surface area contributed by atoms with Crippen LogP contribution in [0.4, 0.5) is 0 Å². The molecule has 0 radical (unpaired) electrons. The maximum Gasteiger partial charge on any atom is 0.272 e. The van der Waals surface area contributed by atoms with E-state index in [-0.39, 0.29) is 24.2 Å². The molecule has 6 heteroatoms. The zero-order valence-electron chi connectivity index (χ0n) is 17.9. The van der Waals surface area contributed by atoms with Gasteiger partial charge in [0.2, 0.25) is 0 Å². The summed E-state index contributed by atoms with van der Waals surface area (Å²) in [6.07, 6.45) is 2.72. The fourth-order valence-electron chi connectivity index (χ4n) is 4.49. The van der Waals surface area contributed by atoms with E-state index in [0.29, 0.717) is 6.61 Å². The second-order valence-electron chi connectivity index (χ2n) is 8.36. The third kappa shape index (κ3) is 4.09. The molecule has 2 aliphatic heterocycles. The Labute approximate surface area is 172 Å². The largest absolute Gasteiger partial charge is 0.373 e. The Kier molecular flexibility index (Phi) is 5.74. The van der Waals surface area contributed by atoms with Gasteiger partial charge in [-0.2, -0.15) is 5.10 Å². The molecule has 2 atom stereocenters. The molecule has 1 saturated heterocycles. The predicted octanol–water partition coefficient (Wildman–Crippen LogP) is 3.57. The third-order valence-electron chi connectivity index (χ3n) is 6.16. The van der Waals surface area contributed by atoms with Crippen molar-refractivity contribution in [2.75, 3.05) is 13.1 Å². The van der Waals surface area contributed by atoms with Gasteiger partial charge in [0.1, 0.15) is 5.69 Å². The molecule has 1 aromatic carbocycles. The first-order valence-corrected chi connectivity index (χ1v) is 10.6. The lowest BCUT2D eigenvalue weighted by molar-refractivity contribution is -0.00739. The van der Waals surface area contributed by atoms with Crippen molar-refractivity contribution in [1.82, 2.24) is 14.7 Å². The SMILES string of the molecule is Cc1ccccc1COC1CCN(C(=O)c2c3c(nn2C)[C@H](C)O[C@H](C)C3)CC1. The molecule has 0 unspecified atom stereocenters. The summed E-state index contributed by atoms with van der Waals surface area (Å²) in [6, 6.07) is 8.33. The van der Waals surface area contributed by atoms with Crippen LogP contribution in [0.3, 0.4) is 0 Å². The first-order chi connectivity index (χ1) is 13.9. The van der Waals surface area contributed by atoms with E-state index in [4.69, 9.17) is 9.47 Å². The van der Waals surface area contributed by atoms with Crippen LogP contribution in [-0.2, 0) is 29.5 Å². The number of amides is 1. The molecule has 156 valence electrons. The standard InChI is InChI=1S/C23H31N3O3/c1-15-7-5-6-8-18(15)14-28-19-9-11-26(12-10-19)23(27)22-20-13-16(2)29-17(3)21(20)24-25(22)4/h5-8,16-17,19H,9-14H2,1-4H3/t16-,17+/m1/s1. The highest BCUT2D eigenvalue weighted by atomic mass is 16.5. The van der Waals surface area contributed by atoms with Gasteiger partial charge in [0.15, 0.2) is 0 Å². The number of hydrogen-bond donors (Lipinski definition) is 0. The van der Waals surface area contributed by atoms with Crippen LogP contribution in [0.25, 0.3) is 0 Å². The Balaban J connectivity index is 1.38. The lowest BCUT2D eigenvalue weighted by Crippen LogP contribution is -2.42. The van der Waals surface area contributed by atoms with Crippen LogP contribution in [-0.4, -0.2) is 45.9 Å². The van der Waals surface area contributed by atoms with Gasteiger partial charge in [-0.05, 0) is 44.7 Å². The Hall–Kier alpha value is -2.18. The number of nitrogens with zero attached hydrogens (tertiary/aromatic N) is 3. The molecular formula is C23H31N3O3. The van der Waals surface area contributed by atoms with Gasteiger partial charge in [-0.3, -0.25) is 9.48 Å². The van der Waals surface area contributed by atoms with E-state index in [0.717, 1.165) is 49.3 Å². The summed E-state index contributed by atoms with van der Waals surface area (Å²) in [7, 11) is 1.86. The maximum absolute atomic E-state index is 13.3. The number of hydrogen-bond acceptors (Lipinski definition) is 4. The number of aryl methyl sites for hydroxylation is 2. The number of piperidine rings is 1. The van der Waals surface area contributed by atoms with E-state index >= 15 is 0 Å². The lowest BCUT2D eigenvalue weighted by atomic mass is 9.98. The van der Waals surface area contributed by atoms with Crippen molar-refractivity contribution in [3.8, 4) is 0 Å². The highest BCUT2D eigenvalue weighted by Gasteiger charge is 2.34. The van der Waals surface area contributed by atoms with Crippen molar-refractivity contribution in [1.29, 1.82) is 0 Å². The normalized spacial score (nSPS) is 22.6. The van der Waals surface area contributed by atoms with Crippen LogP contribution in [0, 0.1) is 6.92 Å². The quantitative estimate of drug-likeness (QED) is 0.791. The first kappa shape index (κ1) is 20.1. The maximum atomic E-state index is 13.3. The highest BCUT2D eigenvalue weighted by Crippen LogP contribution is 2.32. The minimum Gasteiger partial charge on any atom is -0.373 e. The second kappa shape index (κ2) is 8.28. The molecule has 0 aliphatic carbocycles. The average Bonchev–Trinajstić information content (AvgIpc) is 3.03. The molecule has 2 aromatic rings. The van der Waals surface area contributed by atoms with Crippen LogP contribution in [0.2, 0.25) is 0 Å². The van der Waals surface area contributed by atoms with Crippen molar-refractivity contribution in [3.63, 3.8) is 0 Å². The number of benzene rings is 1. The van der Waals surface area contributed by atoms with Crippen molar-refractivity contribution in [3.05, 3.63) is 52.3 Å². The molecule has 0 saturated carbocycles. The summed E-state index contributed by atoms with van der Waals surface area (Å²) in [4.78, 5) is 15.2. The van der Waals surface area contributed by atoms with Crippen LogP contribution in [0.15, 0.2) is 24.3 Å². The first-order valence-electron chi connectivity index (χ1n) is 10.6. The topological polar surface area (TPSA) is 56.6 Å². The monoisotopic (exact) mass is 397 g/mol. The lowest BCUT2D eigenvalue weighted by Gasteiger charge is -2.32. The van der Waals surface area contributed by atoms with Crippen LogP contribution in [0.5, 0.6) is 0 Å². The molecule has 3 heterocycles. The van der Waals surface area contributed by atoms with Crippen LogP contribution >= 0.6 is 0 Å². The fraction of sp³-hybridized carbons (Fsp3) is 0.565. The molecule has 1 aromatic heterocycles. The highest BCUT2D eigenvalue weighted by molar-refractivity contribution is 5.94. The minimum atomic E-state index is -0.0675. The van der Waals surface area contributed by atoms with Crippen molar-refractivity contribution >= 4 is 5.91 Å². The van der Waals surface area contributed by atoms with Gasteiger partial charge < -0.3 is 14.4 Å². The summed E-state index contributed by atoms with van der Waals surface area (Å²) >= 11 is 0. The van der Waals surface area contributed by atoms with Crippen molar-refractivity contribution < 1.29 is 14.3 Å². The van der Waals surface area contributed by atoms with E-state index in [9.17, 15) is 4.79 Å². The number of likely N-dealkylation sites (tertiary alicyclic amines) is 1. The summed E-state index contributed by atoms with van der Waals surface area (Å²) in [5.41, 5.74) is 5.18. The van der Waals surface area contributed by atoms with Gasteiger partial charge in [-0.25, -0.2) is 0 Å². The molecule has 2 aliphatic rings. The number of fused-ring (bicyclic) bond motifs is 1. The number of ether oxygens (including phenoxy) is 2. The number of carbonyl (C=O) groups excluding carboxylic acids is 1. The smallest absolute Gasteiger partial charge is 0.272 e. The molecule has 6 nitrogen and oxygen atoms in total. The van der Waals surface area contributed by atoms with Gasteiger partial charge in [-0.1, -0.05) is 24.3 Å². The van der Waals surface area contributed by atoms with Crippen molar-refractivity contribution in [2.45, 2.75) is 65.0 Å². The third-order valence-corrected chi connectivity index (χ3v) is 6.16. The Morgan fingerprint density at radius 1 is 1.24 bits per heavy atom. The summed E-state index contributed by atoms with van der Waals surface area (Å²) in [5.74, 6) is 0.0832. The van der Waals surface area contributed by atoms with Crippen molar-refractivity contribution in [2.24, 2.45) is 7.05 Å². The van der Waals surface area contributed by atoms with Gasteiger partial charge in [0, 0.05) is 32.1 Å². The molecule has 29 heavy (non-hydrogen) atoms. The molecule has 0 N–H and O–H groups in total.